The summed E-state index contributed by atoms with van der Waals surface area (Å²) in [4.78, 5) is 12.2. The molecule has 0 aliphatic carbocycles. The first kappa shape index (κ1) is 15.1. The van der Waals surface area contributed by atoms with Crippen LogP contribution in [-0.4, -0.2) is 18.5 Å². The first-order valence-corrected chi connectivity index (χ1v) is 7.50. The van der Waals surface area contributed by atoms with E-state index < -0.39 is 0 Å². The summed E-state index contributed by atoms with van der Waals surface area (Å²) in [5, 5.41) is 1.06. The third kappa shape index (κ3) is 4.09. The Labute approximate surface area is 128 Å². The number of carbonyl (C=O) groups is 1. The molecule has 0 saturated carbocycles. The van der Waals surface area contributed by atoms with Gasteiger partial charge >= 0.3 is 0 Å². The molecule has 1 aliphatic heterocycles. The second-order valence-electron chi connectivity index (χ2n) is 4.69. The van der Waals surface area contributed by atoms with Crippen molar-refractivity contribution in [3.63, 3.8) is 0 Å². The van der Waals surface area contributed by atoms with Gasteiger partial charge in [-0.15, -0.1) is 0 Å². The molecule has 1 aromatic carbocycles. The molecule has 1 heterocycles. The van der Waals surface area contributed by atoms with Crippen LogP contribution in [-0.2, 0) is 4.74 Å². The summed E-state index contributed by atoms with van der Waals surface area (Å²) in [6.07, 6.45) is 4.60. The van der Waals surface area contributed by atoms with Crippen LogP contribution in [0.2, 0.25) is 15.1 Å². The van der Waals surface area contributed by atoms with Crippen molar-refractivity contribution in [1.29, 1.82) is 0 Å². The van der Waals surface area contributed by atoms with Gasteiger partial charge in [-0.3, -0.25) is 4.79 Å². The van der Waals surface area contributed by atoms with E-state index in [1.165, 1.54) is 6.42 Å². The molecule has 19 heavy (non-hydrogen) atoms. The van der Waals surface area contributed by atoms with E-state index in [0.29, 0.717) is 33.5 Å². The van der Waals surface area contributed by atoms with E-state index in [4.69, 9.17) is 39.5 Å². The van der Waals surface area contributed by atoms with Crippen LogP contribution in [0.5, 0.6) is 0 Å². The molecule has 1 saturated heterocycles. The lowest BCUT2D eigenvalue weighted by Gasteiger charge is -2.22. The Kier molecular flexibility index (Phi) is 5.52. The van der Waals surface area contributed by atoms with Gasteiger partial charge in [-0.05, 0) is 37.8 Å². The highest BCUT2D eigenvalue weighted by atomic mass is 35.5. The molecule has 0 amide bonds. The Morgan fingerprint density at radius 1 is 1.21 bits per heavy atom. The maximum absolute atomic E-state index is 12.2. The van der Waals surface area contributed by atoms with E-state index >= 15 is 0 Å². The molecule has 1 unspecified atom stereocenters. The lowest BCUT2D eigenvalue weighted by molar-refractivity contribution is 0.0104. The first-order valence-electron chi connectivity index (χ1n) is 6.37. The smallest absolute Gasteiger partial charge is 0.165 e. The normalized spacial score (nSPS) is 19.4. The average Bonchev–Trinajstić information content (AvgIpc) is 2.36. The van der Waals surface area contributed by atoms with Crippen molar-refractivity contribution in [2.75, 3.05) is 6.61 Å². The molecule has 0 bridgehead atoms. The molecular formula is C14H15Cl3O2. The van der Waals surface area contributed by atoms with Crippen molar-refractivity contribution in [1.82, 2.24) is 0 Å². The summed E-state index contributed by atoms with van der Waals surface area (Å²) in [5.74, 6) is -0.0548. The summed E-state index contributed by atoms with van der Waals surface area (Å²) < 4.78 is 5.60. The summed E-state index contributed by atoms with van der Waals surface area (Å²) in [5.41, 5.74) is 0.364. The zero-order valence-corrected chi connectivity index (χ0v) is 12.7. The number of Topliss-reactive ketones (excluding diaryl/α,β-unsaturated/α-hetero) is 1. The van der Waals surface area contributed by atoms with Crippen LogP contribution >= 0.6 is 34.8 Å². The number of ketones is 1. The molecule has 2 nitrogen and oxygen atoms in total. The summed E-state index contributed by atoms with van der Waals surface area (Å²) in [7, 11) is 0. The van der Waals surface area contributed by atoms with Crippen molar-refractivity contribution in [2.45, 2.75) is 38.2 Å². The van der Waals surface area contributed by atoms with Gasteiger partial charge in [-0.2, -0.15) is 0 Å². The zero-order chi connectivity index (χ0) is 13.8. The van der Waals surface area contributed by atoms with E-state index in [9.17, 15) is 4.79 Å². The van der Waals surface area contributed by atoms with Gasteiger partial charge in [-0.1, -0.05) is 34.8 Å². The number of carbonyl (C=O) groups excluding carboxylic acids is 1. The molecule has 104 valence electrons. The maximum atomic E-state index is 12.2. The van der Waals surface area contributed by atoms with Crippen LogP contribution in [0.3, 0.4) is 0 Å². The number of benzene rings is 1. The molecule has 0 aromatic heterocycles. The molecule has 0 spiro atoms. The molecule has 1 aromatic rings. The zero-order valence-electron chi connectivity index (χ0n) is 10.4. The number of hydrogen-bond acceptors (Lipinski definition) is 2. The van der Waals surface area contributed by atoms with Crippen LogP contribution in [0.4, 0.5) is 0 Å². The van der Waals surface area contributed by atoms with E-state index in [1.54, 1.807) is 12.1 Å². The Morgan fingerprint density at radius 3 is 2.47 bits per heavy atom. The Balaban J connectivity index is 1.99. The van der Waals surface area contributed by atoms with Crippen LogP contribution in [0.15, 0.2) is 12.1 Å². The minimum absolute atomic E-state index is 0.0548. The minimum Gasteiger partial charge on any atom is -0.378 e. The van der Waals surface area contributed by atoms with Crippen LogP contribution < -0.4 is 0 Å². The highest BCUT2D eigenvalue weighted by Crippen LogP contribution is 2.30. The first-order chi connectivity index (χ1) is 9.08. The predicted octanol–water partition coefficient (Wildman–Crippen LogP) is 5.18. The molecule has 0 N–H and O–H groups in total. The van der Waals surface area contributed by atoms with Crippen molar-refractivity contribution >= 4 is 40.6 Å². The SMILES string of the molecule is O=C(CCC1CCCCO1)c1c(Cl)cc(Cl)cc1Cl. The molecule has 0 radical (unpaired) electrons. The minimum atomic E-state index is -0.0548. The van der Waals surface area contributed by atoms with Gasteiger partial charge in [0.25, 0.3) is 0 Å². The molecule has 1 aliphatic rings. The fourth-order valence-electron chi connectivity index (χ4n) is 2.26. The fraction of sp³-hybridized carbons (Fsp3) is 0.500. The number of ether oxygens (including phenoxy) is 1. The second-order valence-corrected chi connectivity index (χ2v) is 5.95. The summed E-state index contributed by atoms with van der Waals surface area (Å²) in [6.45, 7) is 0.793. The van der Waals surface area contributed by atoms with Crippen LogP contribution in [0.25, 0.3) is 0 Å². The van der Waals surface area contributed by atoms with Crippen molar-refractivity contribution in [3.05, 3.63) is 32.8 Å². The fourth-order valence-corrected chi connectivity index (χ4v) is 3.29. The van der Waals surface area contributed by atoms with Gasteiger partial charge in [0.05, 0.1) is 21.7 Å². The number of hydrogen-bond donors (Lipinski definition) is 0. The summed E-state index contributed by atoms with van der Waals surface area (Å²) >= 11 is 17.9. The average molecular weight is 322 g/mol. The Hall–Kier alpha value is -0.280. The van der Waals surface area contributed by atoms with Gasteiger partial charge in [0.2, 0.25) is 0 Å². The largest absolute Gasteiger partial charge is 0.378 e. The van der Waals surface area contributed by atoms with E-state index in [0.717, 1.165) is 19.4 Å². The molecule has 1 atom stereocenters. The predicted molar refractivity (Wildman–Crippen MR) is 78.6 cm³/mol. The molecular weight excluding hydrogens is 307 g/mol. The topological polar surface area (TPSA) is 26.3 Å². The number of rotatable bonds is 4. The van der Waals surface area contributed by atoms with Gasteiger partial charge in [0.1, 0.15) is 0 Å². The standard InChI is InChI=1S/C14H15Cl3O2/c15-9-7-11(16)14(12(17)8-9)13(18)5-4-10-3-1-2-6-19-10/h7-8,10H,1-6H2. The van der Waals surface area contributed by atoms with Crippen molar-refractivity contribution < 1.29 is 9.53 Å². The van der Waals surface area contributed by atoms with E-state index in [-0.39, 0.29) is 11.9 Å². The van der Waals surface area contributed by atoms with Gasteiger partial charge < -0.3 is 4.74 Å². The summed E-state index contributed by atoms with van der Waals surface area (Å²) in [6, 6.07) is 3.08. The molecule has 2 rings (SSSR count). The highest BCUT2D eigenvalue weighted by molar-refractivity contribution is 6.42. The second kappa shape index (κ2) is 6.94. The monoisotopic (exact) mass is 320 g/mol. The van der Waals surface area contributed by atoms with Crippen molar-refractivity contribution in [3.8, 4) is 0 Å². The van der Waals surface area contributed by atoms with Gasteiger partial charge in [-0.25, -0.2) is 0 Å². The Morgan fingerprint density at radius 2 is 1.89 bits per heavy atom. The third-order valence-corrected chi connectivity index (χ3v) is 4.07. The van der Waals surface area contributed by atoms with E-state index in [2.05, 4.69) is 0 Å². The highest BCUT2D eigenvalue weighted by Gasteiger charge is 2.19. The van der Waals surface area contributed by atoms with Crippen LogP contribution in [0.1, 0.15) is 42.5 Å². The third-order valence-electron chi connectivity index (χ3n) is 3.25. The lowest BCUT2D eigenvalue weighted by Crippen LogP contribution is -2.20. The quantitative estimate of drug-likeness (QED) is 0.714. The van der Waals surface area contributed by atoms with Crippen LogP contribution in [0, 0.1) is 0 Å². The van der Waals surface area contributed by atoms with Gasteiger partial charge in [0, 0.05) is 18.1 Å². The maximum Gasteiger partial charge on any atom is 0.165 e. The molecule has 1 fully saturated rings. The Bertz CT molecular complexity index is 445. The lowest BCUT2D eigenvalue weighted by atomic mass is 10.0. The molecule has 5 heteroatoms. The van der Waals surface area contributed by atoms with Crippen molar-refractivity contribution in [2.24, 2.45) is 0 Å². The van der Waals surface area contributed by atoms with E-state index in [1.807, 2.05) is 0 Å². The van der Waals surface area contributed by atoms with Gasteiger partial charge in [0.15, 0.2) is 5.78 Å². The number of halogens is 3.